The number of nitrogens with one attached hydrogen (secondary N) is 2. The van der Waals surface area contributed by atoms with Crippen LogP contribution in [0.25, 0.3) is 0 Å². The summed E-state index contributed by atoms with van der Waals surface area (Å²) in [6.45, 7) is 7.93. The van der Waals surface area contributed by atoms with E-state index in [1.807, 2.05) is 18.2 Å². The summed E-state index contributed by atoms with van der Waals surface area (Å²) in [6.07, 6.45) is 2.10. The van der Waals surface area contributed by atoms with Crippen LogP contribution in [0.3, 0.4) is 0 Å². The summed E-state index contributed by atoms with van der Waals surface area (Å²) in [5, 5.41) is 11.9. The number of hydrogen-bond acceptors (Lipinski definition) is 5. The normalized spacial score (nSPS) is 15.8. The zero-order chi connectivity index (χ0) is 19.9. The average Bonchev–Trinajstić information content (AvgIpc) is 3.10. The number of halogens is 3. The standard InChI is InChI=1S/C19H26Cl2N6O.HI/c1-3-22-19(23-11-18-24-13(2)28-26-18)25-15-6-8-27(9-7-15)12-14-4-5-16(20)17(21)10-14;/h4-5,10,15H,3,6-9,11-12H2,1-2H3,(H2,22,23,25);1H. The Bertz CT molecular complexity index is 808. The van der Waals surface area contributed by atoms with Gasteiger partial charge in [-0.05, 0) is 37.5 Å². The Hall–Kier alpha value is -1.10. The number of piperidine rings is 1. The molecule has 2 N–H and O–H groups in total. The van der Waals surface area contributed by atoms with Crippen molar-refractivity contribution < 1.29 is 4.52 Å². The molecule has 7 nitrogen and oxygen atoms in total. The Balaban J connectivity index is 0.00000300. The predicted octanol–water partition coefficient (Wildman–Crippen LogP) is 4.02. The molecule has 10 heteroatoms. The van der Waals surface area contributed by atoms with Crippen LogP contribution in [0.1, 0.15) is 37.0 Å². The molecule has 0 radical (unpaired) electrons. The molecule has 0 saturated carbocycles. The number of benzene rings is 1. The van der Waals surface area contributed by atoms with Crippen molar-refractivity contribution >= 4 is 53.1 Å². The van der Waals surface area contributed by atoms with Crippen molar-refractivity contribution in [3.8, 4) is 0 Å². The van der Waals surface area contributed by atoms with Crippen molar-refractivity contribution in [2.45, 2.75) is 45.8 Å². The zero-order valence-corrected chi connectivity index (χ0v) is 20.5. The van der Waals surface area contributed by atoms with Crippen LogP contribution < -0.4 is 10.6 Å². The van der Waals surface area contributed by atoms with Gasteiger partial charge in [-0.3, -0.25) is 4.90 Å². The third kappa shape index (κ3) is 7.58. The second kappa shape index (κ2) is 11.9. The predicted molar refractivity (Wildman–Crippen MR) is 127 cm³/mol. The van der Waals surface area contributed by atoms with Gasteiger partial charge in [0, 0.05) is 39.1 Å². The van der Waals surface area contributed by atoms with E-state index in [-0.39, 0.29) is 24.0 Å². The smallest absolute Gasteiger partial charge is 0.223 e. The number of aliphatic imine (C=N–C) groups is 1. The number of aromatic nitrogens is 2. The highest BCUT2D eigenvalue weighted by Crippen LogP contribution is 2.24. The van der Waals surface area contributed by atoms with Crippen LogP contribution in [-0.2, 0) is 13.1 Å². The van der Waals surface area contributed by atoms with Gasteiger partial charge in [0.2, 0.25) is 5.89 Å². The molecule has 1 fully saturated rings. The fraction of sp³-hybridized carbons (Fsp3) is 0.526. The molecule has 2 aromatic rings. The first-order valence-corrected chi connectivity index (χ1v) is 10.3. The molecule has 3 rings (SSSR count). The van der Waals surface area contributed by atoms with Crippen LogP contribution in [0.15, 0.2) is 27.7 Å². The molecule has 2 heterocycles. The molecule has 0 bridgehead atoms. The maximum atomic E-state index is 6.12. The van der Waals surface area contributed by atoms with Gasteiger partial charge in [-0.15, -0.1) is 24.0 Å². The minimum absolute atomic E-state index is 0. The highest BCUT2D eigenvalue weighted by Gasteiger charge is 2.20. The van der Waals surface area contributed by atoms with Gasteiger partial charge in [0.15, 0.2) is 11.8 Å². The van der Waals surface area contributed by atoms with E-state index in [9.17, 15) is 0 Å². The molecular weight excluding hydrogens is 526 g/mol. The van der Waals surface area contributed by atoms with E-state index in [0.29, 0.717) is 34.3 Å². The number of hydrogen-bond donors (Lipinski definition) is 2. The molecule has 29 heavy (non-hydrogen) atoms. The fourth-order valence-corrected chi connectivity index (χ4v) is 3.52. The fourth-order valence-electron chi connectivity index (χ4n) is 3.20. The van der Waals surface area contributed by atoms with Gasteiger partial charge in [-0.2, -0.15) is 4.98 Å². The van der Waals surface area contributed by atoms with Gasteiger partial charge < -0.3 is 15.2 Å². The number of guanidine groups is 1. The van der Waals surface area contributed by atoms with E-state index in [4.69, 9.17) is 27.7 Å². The van der Waals surface area contributed by atoms with Crippen molar-refractivity contribution in [3.05, 3.63) is 45.5 Å². The number of rotatable bonds is 6. The first kappa shape index (κ1) is 24.2. The number of nitrogens with zero attached hydrogens (tertiary/aromatic N) is 4. The summed E-state index contributed by atoms with van der Waals surface area (Å²) >= 11 is 12.1. The third-order valence-corrected chi connectivity index (χ3v) is 5.35. The van der Waals surface area contributed by atoms with Crippen LogP contribution in [0.4, 0.5) is 0 Å². The lowest BCUT2D eigenvalue weighted by Gasteiger charge is -2.33. The summed E-state index contributed by atoms with van der Waals surface area (Å²) in [4.78, 5) is 11.2. The van der Waals surface area contributed by atoms with E-state index in [0.717, 1.165) is 45.0 Å². The SMILES string of the molecule is CCNC(=NCc1noc(C)n1)NC1CCN(Cc2ccc(Cl)c(Cl)c2)CC1.I. The van der Waals surface area contributed by atoms with Crippen molar-refractivity contribution in [2.75, 3.05) is 19.6 Å². The van der Waals surface area contributed by atoms with E-state index in [1.54, 1.807) is 6.92 Å². The Kier molecular flexibility index (Phi) is 9.94. The first-order chi connectivity index (χ1) is 13.5. The lowest BCUT2D eigenvalue weighted by Crippen LogP contribution is -2.48. The molecule has 0 amide bonds. The monoisotopic (exact) mass is 552 g/mol. The van der Waals surface area contributed by atoms with Crippen LogP contribution in [0, 0.1) is 6.92 Å². The highest BCUT2D eigenvalue weighted by atomic mass is 127. The minimum Gasteiger partial charge on any atom is -0.357 e. The Morgan fingerprint density at radius 3 is 2.66 bits per heavy atom. The first-order valence-electron chi connectivity index (χ1n) is 9.53. The molecule has 1 aliphatic heterocycles. The Morgan fingerprint density at radius 2 is 2.03 bits per heavy atom. The molecule has 1 aromatic heterocycles. The van der Waals surface area contributed by atoms with E-state index in [1.165, 1.54) is 5.56 Å². The van der Waals surface area contributed by atoms with Gasteiger partial charge in [0.1, 0.15) is 6.54 Å². The quantitative estimate of drug-likeness (QED) is 0.320. The molecule has 1 saturated heterocycles. The summed E-state index contributed by atoms with van der Waals surface area (Å²) < 4.78 is 4.99. The lowest BCUT2D eigenvalue weighted by atomic mass is 10.0. The summed E-state index contributed by atoms with van der Waals surface area (Å²) in [5.41, 5.74) is 1.19. The number of aryl methyl sites for hydroxylation is 1. The maximum absolute atomic E-state index is 6.12. The van der Waals surface area contributed by atoms with Gasteiger partial charge in [-0.25, -0.2) is 4.99 Å². The molecular formula is C19H27Cl2IN6O. The van der Waals surface area contributed by atoms with Crippen LogP contribution in [0.2, 0.25) is 10.0 Å². The topological polar surface area (TPSA) is 78.6 Å². The second-order valence-corrected chi connectivity index (χ2v) is 7.68. The summed E-state index contributed by atoms with van der Waals surface area (Å²) in [6, 6.07) is 6.23. The molecule has 0 spiro atoms. The van der Waals surface area contributed by atoms with Gasteiger partial charge in [-0.1, -0.05) is 34.4 Å². The second-order valence-electron chi connectivity index (χ2n) is 6.87. The highest BCUT2D eigenvalue weighted by molar-refractivity contribution is 14.0. The maximum Gasteiger partial charge on any atom is 0.223 e. The van der Waals surface area contributed by atoms with Gasteiger partial charge in [0.05, 0.1) is 10.0 Å². The molecule has 1 aromatic carbocycles. The molecule has 1 aliphatic rings. The third-order valence-electron chi connectivity index (χ3n) is 4.61. The van der Waals surface area contributed by atoms with Gasteiger partial charge >= 0.3 is 0 Å². The summed E-state index contributed by atoms with van der Waals surface area (Å²) in [5.74, 6) is 1.93. The largest absolute Gasteiger partial charge is 0.357 e. The molecule has 160 valence electrons. The van der Waals surface area contributed by atoms with Crippen LogP contribution in [0.5, 0.6) is 0 Å². The molecule has 0 unspecified atom stereocenters. The Labute approximate surface area is 198 Å². The average molecular weight is 553 g/mol. The van der Waals surface area contributed by atoms with Crippen molar-refractivity contribution in [1.29, 1.82) is 0 Å². The van der Waals surface area contributed by atoms with Crippen LogP contribution in [-0.4, -0.2) is 46.7 Å². The molecule has 0 atom stereocenters. The van der Waals surface area contributed by atoms with Crippen molar-refractivity contribution in [3.63, 3.8) is 0 Å². The van der Waals surface area contributed by atoms with E-state index >= 15 is 0 Å². The van der Waals surface area contributed by atoms with E-state index < -0.39 is 0 Å². The molecule has 0 aliphatic carbocycles. The Morgan fingerprint density at radius 1 is 1.28 bits per heavy atom. The lowest BCUT2D eigenvalue weighted by molar-refractivity contribution is 0.198. The van der Waals surface area contributed by atoms with Crippen molar-refractivity contribution in [2.24, 2.45) is 4.99 Å². The minimum atomic E-state index is 0. The van der Waals surface area contributed by atoms with Crippen LogP contribution >= 0.6 is 47.2 Å². The number of likely N-dealkylation sites (tertiary alicyclic amines) is 1. The van der Waals surface area contributed by atoms with Crippen molar-refractivity contribution in [1.82, 2.24) is 25.7 Å². The zero-order valence-electron chi connectivity index (χ0n) is 16.6. The summed E-state index contributed by atoms with van der Waals surface area (Å²) in [7, 11) is 0. The van der Waals surface area contributed by atoms with E-state index in [2.05, 4.69) is 37.6 Å². The van der Waals surface area contributed by atoms with Gasteiger partial charge in [0.25, 0.3) is 0 Å².